The number of ether oxygens (including phenoxy) is 2. The molecular weight excluding hydrogens is 847 g/mol. The first kappa shape index (κ1) is 45.6. The Morgan fingerprint density at radius 1 is 1.08 bits per heavy atom. The second-order valence-electron chi connectivity index (χ2n) is 18.1. The van der Waals surface area contributed by atoms with Crippen molar-refractivity contribution in [2.24, 2.45) is 11.3 Å². The number of carbonyl (C=O) groups is 2. The lowest BCUT2D eigenvalue weighted by atomic mass is 9.47. The predicted octanol–water partition coefficient (Wildman–Crippen LogP) is 3.88. The number of hydrogen-bond donors (Lipinski definition) is 6. The number of para-hydroxylation sites is 1. The first-order chi connectivity index (χ1) is 30.0. The van der Waals surface area contributed by atoms with Crippen LogP contribution in [0, 0.1) is 11.3 Å². The molecule has 1 amide bonds. The number of aromatic nitrogens is 1. The molecule has 15 nitrogen and oxygen atoms in total. The molecule has 9 atom stereocenters. The fourth-order valence-corrected chi connectivity index (χ4v) is 13.3. The summed E-state index contributed by atoms with van der Waals surface area (Å²) in [5, 5.41) is 30.1. The van der Waals surface area contributed by atoms with Crippen LogP contribution < -0.4 is 15.0 Å². The Morgan fingerprint density at radius 3 is 2.51 bits per heavy atom. The molecule has 2 bridgehead atoms. The third-order valence-corrected chi connectivity index (χ3v) is 15.9. The van der Waals surface area contributed by atoms with Gasteiger partial charge in [0.25, 0.3) is 5.91 Å². The summed E-state index contributed by atoms with van der Waals surface area (Å²) in [7, 11) is 0.406. The van der Waals surface area contributed by atoms with Gasteiger partial charge in [-0.3, -0.25) is 28.5 Å². The van der Waals surface area contributed by atoms with Crippen molar-refractivity contribution in [3.05, 3.63) is 82.6 Å². The number of aliphatic hydroxyl groups is 2. The summed E-state index contributed by atoms with van der Waals surface area (Å²) in [6.45, 7) is 8.68. The molecule has 6 heterocycles. The number of carbonyl (C=O) groups excluding carboxylic acids is 2. The van der Waals surface area contributed by atoms with Crippen molar-refractivity contribution >= 4 is 50.6 Å². The van der Waals surface area contributed by atoms with Gasteiger partial charge in [-0.2, -0.15) is 20.2 Å². The van der Waals surface area contributed by atoms with Gasteiger partial charge in [-0.1, -0.05) is 55.8 Å². The number of nitrogens with one attached hydrogen (secondary N) is 2. The van der Waals surface area contributed by atoms with Gasteiger partial charge in [0.05, 0.1) is 20.3 Å². The zero-order chi connectivity index (χ0) is 45.3. The lowest BCUT2D eigenvalue weighted by Gasteiger charge is -2.63. The average Bonchev–Trinajstić information content (AvgIpc) is 3.93. The van der Waals surface area contributed by atoms with Crippen LogP contribution in [0.5, 0.6) is 5.75 Å². The highest BCUT2D eigenvalue weighted by atomic mass is 32.3. The van der Waals surface area contributed by atoms with Crippen molar-refractivity contribution in [3.63, 3.8) is 0 Å². The van der Waals surface area contributed by atoms with E-state index in [9.17, 15) is 15.0 Å². The van der Waals surface area contributed by atoms with Crippen molar-refractivity contribution in [2.45, 2.75) is 80.6 Å². The normalized spacial score (nSPS) is 33.0. The zero-order valence-electron chi connectivity index (χ0n) is 36.9. The number of aliphatic hydroxyl groups excluding tert-OH is 1. The third kappa shape index (κ3) is 6.95. The number of anilines is 1. The van der Waals surface area contributed by atoms with E-state index in [0.717, 1.165) is 72.4 Å². The van der Waals surface area contributed by atoms with Gasteiger partial charge in [-0.05, 0) is 74.1 Å². The van der Waals surface area contributed by atoms with E-state index in [0.29, 0.717) is 49.4 Å². The molecule has 5 aliphatic heterocycles. The number of amides is 1. The molecule has 1 aliphatic carbocycles. The standard InChI is InChI=1S/C46H59N5O6S.H2O4S/c1-7-28-22-29-25-45(42(54)57-5,37-31(14-19-50(26-28)27-29)30-12-9-10-13-34(30)48-37)33-23-32-35(24-36(33)56-4)49(3)39-44(32)16-20-51-18-11-15-43(8-2,38(44)51)40(52)46(39,55)41(53)47-17-21-58-6;1-5(2,3)4/h9-13,15,22-24,29,38-40,48,52,55H,7-8,14,16-21,25-27H2,1-6H3,(H,47,53);(H2,1,2,3,4)/t29-,38+,39-,40-,43-,44-,45+,46+;/m1./s1. The van der Waals surface area contributed by atoms with E-state index in [1.54, 1.807) is 18.9 Å². The highest BCUT2D eigenvalue weighted by Crippen LogP contribution is 2.67. The van der Waals surface area contributed by atoms with Gasteiger partial charge in [-0.25, -0.2) is 0 Å². The molecule has 2 aromatic carbocycles. The summed E-state index contributed by atoms with van der Waals surface area (Å²) >= 11 is 1.61. The summed E-state index contributed by atoms with van der Waals surface area (Å²) in [5.41, 5.74) is 1.59. The molecule has 17 heteroatoms. The van der Waals surface area contributed by atoms with Gasteiger partial charge < -0.3 is 34.9 Å². The zero-order valence-corrected chi connectivity index (χ0v) is 38.5. The molecule has 342 valence electrons. The van der Waals surface area contributed by atoms with Crippen LogP contribution in [0.4, 0.5) is 5.69 Å². The Kier molecular flexibility index (Phi) is 12.2. The van der Waals surface area contributed by atoms with E-state index in [2.05, 4.69) is 76.4 Å². The SMILES string of the molecule is CCC1=C[C@H]2CN(CCc3c([nH]c4ccccc34)[C@@](C(=O)OC)(c3cc4c(cc3OC)N(C)[C@H]3[C@@](O)(C(=O)NCCSC)[C@H](O)[C@]5(CC)C=CCN6CC[C@]43[C@@H]65)C2)C1.O=S(=O)(O)O. The number of thioether (sulfide) groups is 1. The van der Waals surface area contributed by atoms with E-state index < -0.39 is 50.3 Å². The smallest absolute Gasteiger partial charge is 0.394 e. The lowest BCUT2D eigenvalue weighted by Crippen LogP contribution is -2.81. The topological polar surface area (TPSA) is 205 Å². The largest absolute Gasteiger partial charge is 0.496 e. The number of fused-ring (bicyclic) bond motifs is 6. The van der Waals surface area contributed by atoms with E-state index in [-0.39, 0.29) is 17.9 Å². The van der Waals surface area contributed by atoms with Crippen LogP contribution in [0.3, 0.4) is 0 Å². The Hall–Kier alpha value is -3.94. The Morgan fingerprint density at radius 2 is 1.83 bits per heavy atom. The first-order valence-corrected chi connectivity index (χ1v) is 24.6. The third-order valence-electron chi connectivity index (χ3n) is 15.3. The highest BCUT2D eigenvalue weighted by molar-refractivity contribution is 7.98. The van der Waals surface area contributed by atoms with E-state index in [1.165, 1.54) is 12.7 Å². The van der Waals surface area contributed by atoms with Crippen molar-refractivity contribution in [1.29, 1.82) is 0 Å². The lowest BCUT2D eigenvalue weighted by molar-refractivity contribution is -0.203. The van der Waals surface area contributed by atoms with Gasteiger partial charge in [-0.15, -0.1) is 0 Å². The second-order valence-corrected chi connectivity index (χ2v) is 20.0. The van der Waals surface area contributed by atoms with Gasteiger partial charge >= 0.3 is 16.4 Å². The second kappa shape index (κ2) is 16.8. The van der Waals surface area contributed by atoms with Crippen LogP contribution in [0.15, 0.2) is 60.2 Å². The Bertz CT molecular complexity index is 2450. The van der Waals surface area contributed by atoms with Gasteiger partial charge in [0, 0.05) is 96.3 Å². The molecule has 1 saturated carbocycles. The van der Waals surface area contributed by atoms with E-state index in [4.69, 9.17) is 27.0 Å². The number of esters is 1. The fourth-order valence-electron chi connectivity index (χ4n) is 13.0. The molecular formula is C46H61N5O10S2. The summed E-state index contributed by atoms with van der Waals surface area (Å²) in [6, 6.07) is 11.5. The Labute approximate surface area is 373 Å². The summed E-state index contributed by atoms with van der Waals surface area (Å²) in [5.74, 6) is 0.350. The molecule has 1 unspecified atom stereocenters. The molecule has 6 aliphatic rings. The average molecular weight is 908 g/mol. The van der Waals surface area contributed by atoms with E-state index in [1.807, 2.05) is 30.3 Å². The highest BCUT2D eigenvalue weighted by Gasteiger charge is 2.78. The fraction of sp³-hybridized carbons (Fsp3) is 0.565. The molecule has 9 rings (SSSR count). The quantitative estimate of drug-likeness (QED) is 0.0781. The summed E-state index contributed by atoms with van der Waals surface area (Å²) < 4.78 is 44.0. The van der Waals surface area contributed by atoms with Crippen LogP contribution in [0.25, 0.3) is 10.9 Å². The molecule has 0 radical (unpaired) electrons. The number of rotatable bonds is 9. The predicted molar refractivity (Wildman–Crippen MR) is 243 cm³/mol. The maximum atomic E-state index is 15.3. The number of nitrogens with zero attached hydrogens (tertiary/aromatic N) is 3. The van der Waals surface area contributed by atoms with Crippen molar-refractivity contribution in [2.75, 3.05) is 77.4 Å². The van der Waals surface area contributed by atoms with Crippen LogP contribution in [-0.2, 0) is 42.0 Å². The minimum atomic E-state index is -4.67. The van der Waals surface area contributed by atoms with Crippen LogP contribution in [-0.4, -0.2) is 151 Å². The number of hydrogen-bond acceptors (Lipinski definition) is 12. The number of aromatic amines is 1. The maximum Gasteiger partial charge on any atom is 0.394 e. The maximum absolute atomic E-state index is 15.3. The molecule has 1 aromatic heterocycles. The number of likely N-dealkylation sites (N-methyl/N-ethyl adjacent to an activating group) is 1. The van der Waals surface area contributed by atoms with Gasteiger partial charge in [0.2, 0.25) is 0 Å². The Balaban J connectivity index is 0.00000103. The summed E-state index contributed by atoms with van der Waals surface area (Å²) in [4.78, 5) is 40.7. The number of H-pyrrole nitrogens is 1. The van der Waals surface area contributed by atoms with Crippen LogP contribution >= 0.6 is 11.8 Å². The first-order valence-electron chi connectivity index (χ1n) is 21.9. The summed E-state index contributed by atoms with van der Waals surface area (Å²) in [6.07, 6.45) is 10.5. The van der Waals surface area contributed by atoms with Crippen LogP contribution in [0.1, 0.15) is 61.9 Å². The van der Waals surface area contributed by atoms with Crippen molar-refractivity contribution in [3.8, 4) is 5.75 Å². The van der Waals surface area contributed by atoms with Gasteiger partial charge in [0.15, 0.2) is 5.60 Å². The molecule has 63 heavy (non-hydrogen) atoms. The minimum absolute atomic E-state index is 0.0461. The molecule has 1 saturated heterocycles. The van der Waals surface area contributed by atoms with E-state index >= 15 is 4.79 Å². The van der Waals surface area contributed by atoms with Gasteiger partial charge in [0.1, 0.15) is 17.3 Å². The number of benzene rings is 2. The molecule has 6 N–H and O–H groups in total. The molecule has 1 spiro atoms. The molecule has 2 fully saturated rings. The van der Waals surface area contributed by atoms with Crippen LogP contribution in [0.2, 0.25) is 0 Å². The van der Waals surface area contributed by atoms with Crippen molar-refractivity contribution in [1.82, 2.24) is 20.1 Å². The minimum Gasteiger partial charge on any atom is -0.496 e. The van der Waals surface area contributed by atoms with Crippen molar-refractivity contribution < 1.29 is 46.8 Å². The molecule has 3 aromatic rings. The monoisotopic (exact) mass is 907 g/mol. The number of methoxy groups -OCH3 is 2.